The zero-order chi connectivity index (χ0) is 26.1. The molecule has 1 saturated heterocycles. The molecule has 1 amide bonds. The normalized spacial score (nSPS) is 14.3. The quantitative estimate of drug-likeness (QED) is 0.320. The number of piperazine rings is 1. The zero-order valence-corrected chi connectivity index (χ0v) is 21.4. The van der Waals surface area contributed by atoms with Gasteiger partial charge in [0.1, 0.15) is 5.82 Å². The van der Waals surface area contributed by atoms with Crippen LogP contribution in [0.4, 0.5) is 4.39 Å². The molecule has 5 aromatic rings. The summed E-state index contributed by atoms with van der Waals surface area (Å²) in [5.41, 5.74) is 4.21. The fraction of sp³-hybridized carbons (Fsp3) is 0.226. The van der Waals surface area contributed by atoms with Crippen molar-refractivity contribution in [3.63, 3.8) is 0 Å². The minimum absolute atomic E-state index is 0.0552. The van der Waals surface area contributed by atoms with Crippen LogP contribution in [0.5, 0.6) is 0 Å². The number of aromatic nitrogens is 3. The third-order valence-corrected chi connectivity index (χ3v) is 7.42. The number of likely N-dealkylation sites (N-methyl/N-ethyl adjacent to an activating group) is 1. The number of hydrogen-bond acceptors (Lipinski definition) is 3. The predicted octanol–water partition coefficient (Wildman–Crippen LogP) is 5.13. The summed E-state index contributed by atoms with van der Waals surface area (Å²) in [4.78, 5) is 22.4. The highest BCUT2D eigenvalue weighted by atomic mass is 19.1. The van der Waals surface area contributed by atoms with Gasteiger partial charge in [-0.25, -0.2) is 9.37 Å². The lowest BCUT2D eigenvalue weighted by Gasteiger charge is -2.32. The van der Waals surface area contributed by atoms with Crippen LogP contribution < -0.4 is 0 Å². The number of hydrogen-bond donors (Lipinski definition) is 0. The lowest BCUT2D eigenvalue weighted by atomic mass is 9.97. The molecular weight excluding hydrogens is 477 g/mol. The molecule has 192 valence electrons. The van der Waals surface area contributed by atoms with E-state index in [0.29, 0.717) is 37.3 Å². The average Bonchev–Trinajstić information content (AvgIpc) is 3.56. The lowest BCUT2D eigenvalue weighted by Crippen LogP contribution is -2.47. The fourth-order valence-corrected chi connectivity index (χ4v) is 5.24. The van der Waals surface area contributed by atoms with Gasteiger partial charge < -0.3 is 18.9 Å². The van der Waals surface area contributed by atoms with Gasteiger partial charge in [0, 0.05) is 55.9 Å². The van der Waals surface area contributed by atoms with Crippen LogP contribution in [0.25, 0.3) is 21.9 Å². The Morgan fingerprint density at radius 2 is 1.63 bits per heavy atom. The lowest BCUT2D eigenvalue weighted by molar-refractivity contribution is 0.0665. The van der Waals surface area contributed by atoms with Crippen molar-refractivity contribution in [2.75, 3.05) is 33.2 Å². The van der Waals surface area contributed by atoms with Crippen molar-refractivity contribution in [2.45, 2.75) is 13.1 Å². The summed E-state index contributed by atoms with van der Waals surface area (Å²) in [5.74, 6) is -0.175. The largest absolute Gasteiger partial charge is 0.347 e. The van der Waals surface area contributed by atoms with Crippen molar-refractivity contribution in [3.8, 4) is 11.1 Å². The molecule has 1 fully saturated rings. The maximum absolute atomic E-state index is 14.3. The Balaban J connectivity index is 1.38. The molecular formula is C31H30FN5O. The Bertz CT molecular complexity index is 1590. The van der Waals surface area contributed by atoms with Crippen molar-refractivity contribution in [3.05, 3.63) is 114 Å². The SMILES string of the molecule is CN1CCN(C(=O)c2cn(Cc3cncn3Cc3ccccc3F)cc2-c2cccc3ccccc23)CC1. The van der Waals surface area contributed by atoms with Crippen LogP contribution in [0.2, 0.25) is 0 Å². The van der Waals surface area contributed by atoms with Crippen LogP contribution in [0.15, 0.2) is 91.6 Å². The van der Waals surface area contributed by atoms with Gasteiger partial charge in [0.2, 0.25) is 0 Å². The molecule has 0 bridgehead atoms. The standard InChI is InChI=1S/C31H30FN5O/c1-34-13-15-36(16-14-34)31(38)29-21-35(20-28(29)27-11-6-9-23-7-2-4-10-26(23)27)19-25-17-33-22-37(25)18-24-8-3-5-12-30(24)32/h2-12,17,20-22H,13-16,18-19H2,1H3. The van der Waals surface area contributed by atoms with Crippen molar-refractivity contribution >= 4 is 16.7 Å². The van der Waals surface area contributed by atoms with Crippen LogP contribution in [0, 0.1) is 5.82 Å². The average molecular weight is 508 g/mol. The van der Waals surface area contributed by atoms with Gasteiger partial charge >= 0.3 is 0 Å². The van der Waals surface area contributed by atoms with Crippen LogP contribution in [0.3, 0.4) is 0 Å². The number of halogens is 1. The molecule has 0 saturated carbocycles. The number of carbonyl (C=O) groups is 1. The van der Waals surface area contributed by atoms with Crippen LogP contribution in [-0.4, -0.2) is 63.1 Å². The summed E-state index contributed by atoms with van der Waals surface area (Å²) in [7, 11) is 2.09. The van der Waals surface area contributed by atoms with Crippen LogP contribution >= 0.6 is 0 Å². The molecule has 0 spiro atoms. The molecule has 3 heterocycles. The summed E-state index contributed by atoms with van der Waals surface area (Å²) >= 11 is 0. The van der Waals surface area contributed by atoms with Gasteiger partial charge in [-0.05, 0) is 29.4 Å². The van der Waals surface area contributed by atoms with E-state index in [1.165, 1.54) is 6.07 Å². The third-order valence-electron chi connectivity index (χ3n) is 7.42. The highest BCUT2D eigenvalue weighted by Crippen LogP contribution is 2.33. The summed E-state index contributed by atoms with van der Waals surface area (Å²) in [6.07, 6.45) is 7.55. The van der Waals surface area contributed by atoms with E-state index < -0.39 is 0 Å². The van der Waals surface area contributed by atoms with E-state index in [4.69, 9.17) is 0 Å². The fourth-order valence-electron chi connectivity index (χ4n) is 5.24. The molecule has 6 rings (SSSR count). The van der Waals surface area contributed by atoms with Crippen molar-refractivity contribution in [1.29, 1.82) is 0 Å². The predicted molar refractivity (Wildman–Crippen MR) is 148 cm³/mol. The van der Waals surface area contributed by atoms with E-state index in [0.717, 1.165) is 40.7 Å². The molecule has 0 N–H and O–H groups in total. The first-order chi connectivity index (χ1) is 18.6. The maximum Gasteiger partial charge on any atom is 0.256 e. The van der Waals surface area contributed by atoms with E-state index in [-0.39, 0.29) is 11.7 Å². The van der Waals surface area contributed by atoms with Gasteiger partial charge in [-0.1, -0.05) is 60.7 Å². The molecule has 0 unspecified atom stereocenters. The topological polar surface area (TPSA) is 46.3 Å². The van der Waals surface area contributed by atoms with E-state index in [1.807, 2.05) is 39.9 Å². The van der Waals surface area contributed by atoms with Gasteiger partial charge in [0.25, 0.3) is 5.91 Å². The first-order valence-electron chi connectivity index (χ1n) is 12.9. The second-order valence-electron chi connectivity index (χ2n) is 9.98. The number of rotatable bonds is 6. The monoisotopic (exact) mass is 507 g/mol. The Morgan fingerprint density at radius 1 is 0.868 bits per heavy atom. The molecule has 1 aliphatic heterocycles. The minimum Gasteiger partial charge on any atom is -0.347 e. The molecule has 0 atom stereocenters. The van der Waals surface area contributed by atoms with Gasteiger partial charge in [0.05, 0.1) is 30.7 Å². The molecule has 1 aliphatic rings. The maximum atomic E-state index is 14.3. The number of fused-ring (bicyclic) bond motifs is 1. The van der Waals surface area contributed by atoms with E-state index >= 15 is 0 Å². The number of amides is 1. The highest BCUT2D eigenvalue weighted by molar-refractivity contribution is 6.06. The number of carbonyl (C=O) groups excluding carboxylic acids is 1. The Hall–Kier alpha value is -4.23. The first kappa shape index (κ1) is 24.1. The summed E-state index contributed by atoms with van der Waals surface area (Å²) < 4.78 is 18.3. The zero-order valence-electron chi connectivity index (χ0n) is 21.4. The molecule has 2 aromatic heterocycles. The van der Waals surface area contributed by atoms with Crippen molar-refractivity contribution in [2.24, 2.45) is 0 Å². The van der Waals surface area contributed by atoms with Crippen LogP contribution in [-0.2, 0) is 13.1 Å². The smallest absolute Gasteiger partial charge is 0.256 e. The molecule has 6 nitrogen and oxygen atoms in total. The molecule has 0 radical (unpaired) electrons. The number of benzene rings is 3. The Labute approximate surface area is 221 Å². The van der Waals surface area contributed by atoms with Gasteiger partial charge in [-0.2, -0.15) is 0 Å². The van der Waals surface area contributed by atoms with E-state index in [1.54, 1.807) is 24.7 Å². The van der Waals surface area contributed by atoms with E-state index in [9.17, 15) is 9.18 Å². The summed E-state index contributed by atoms with van der Waals surface area (Å²) in [6.45, 7) is 4.07. The molecule has 38 heavy (non-hydrogen) atoms. The van der Waals surface area contributed by atoms with Gasteiger partial charge in [-0.15, -0.1) is 0 Å². The molecule has 3 aromatic carbocycles. The first-order valence-corrected chi connectivity index (χ1v) is 12.9. The Kier molecular flexibility index (Phi) is 6.52. The molecule has 7 heteroatoms. The second kappa shape index (κ2) is 10.3. The second-order valence-corrected chi connectivity index (χ2v) is 9.98. The number of nitrogens with zero attached hydrogens (tertiary/aromatic N) is 5. The summed E-state index contributed by atoms with van der Waals surface area (Å²) in [5, 5.41) is 2.25. The Morgan fingerprint density at radius 3 is 2.47 bits per heavy atom. The number of imidazole rings is 1. The third kappa shape index (κ3) is 4.73. The van der Waals surface area contributed by atoms with Crippen molar-refractivity contribution < 1.29 is 9.18 Å². The van der Waals surface area contributed by atoms with Gasteiger partial charge in [-0.3, -0.25) is 4.79 Å². The van der Waals surface area contributed by atoms with Crippen LogP contribution in [0.1, 0.15) is 21.6 Å². The molecule has 0 aliphatic carbocycles. The highest BCUT2D eigenvalue weighted by Gasteiger charge is 2.25. The van der Waals surface area contributed by atoms with Crippen molar-refractivity contribution in [1.82, 2.24) is 23.9 Å². The summed E-state index contributed by atoms with van der Waals surface area (Å²) in [6, 6.07) is 21.3. The van der Waals surface area contributed by atoms with Gasteiger partial charge in [0.15, 0.2) is 0 Å². The minimum atomic E-state index is -0.230. The van der Waals surface area contributed by atoms with E-state index in [2.05, 4.69) is 52.0 Å².